The van der Waals surface area contributed by atoms with Gasteiger partial charge in [0.15, 0.2) is 0 Å². The van der Waals surface area contributed by atoms with Gasteiger partial charge in [0, 0.05) is 32.7 Å². The largest absolute Gasteiger partial charge is 0.378 e. The summed E-state index contributed by atoms with van der Waals surface area (Å²) in [6.45, 7) is 3.76. The Kier molecular flexibility index (Phi) is 5.65. The van der Waals surface area contributed by atoms with Gasteiger partial charge >= 0.3 is 0 Å². The lowest BCUT2D eigenvalue weighted by molar-refractivity contribution is -0.120. The van der Waals surface area contributed by atoms with Crippen LogP contribution in [0.25, 0.3) is 0 Å². The molecule has 0 saturated carbocycles. The van der Waals surface area contributed by atoms with E-state index in [-0.39, 0.29) is 5.91 Å². The second-order valence-electron chi connectivity index (χ2n) is 4.00. The van der Waals surface area contributed by atoms with Crippen molar-refractivity contribution in [1.29, 1.82) is 0 Å². The van der Waals surface area contributed by atoms with Crippen LogP contribution in [0.15, 0.2) is 0 Å². The monoisotopic (exact) mass is 214 g/mol. The average molecular weight is 214 g/mol. The molecule has 1 rings (SSSR count). The highest BCUT2D eigenvalue weighted by molar-refractivity contribution is 5.75. The van der Waals surface area contributed by atoms with Gasteiger partial charge in [0.25, 0.3) is 0 Å². The summed E-state index contributed by atoms with van der Waals surface area (Å²) in [4.78, 5) is 11.0. The van der Waals surface area contributed by atoms with Crippen LogP contribution in [0, 0.1) is 0 Å². The van der Waals surface area contributed by atoms with E-state index in [9.17, 15) is 4.79 Å². The van der Waals surface area contributed by atoms with Crippen molar-refractivity contribution in [3.8, 4) is 0 Å². The summed E-state index contributed by atoms with van der Waals surface area (Å²) in [6.07, 6.45) is 4.17. The van der Waals surface area contributed by atoms with Gasteiger partial charge in [-0.05, 0) is 19.3 Å². The highest BCUT2D eigenvalue weighted by atomic mass is 16.5. The number of hydrogen-bond acceptors (Lipinski definition) is 3. The van der Waals surface area contributed by atoms with E-state index in [2.05, 4.69) is 17.6 Å². The second-order valence-corrected chi connectivity index (χ2v) is 4.00. The highest BCUT2D eigenvalue weighted by Gasteiger charge is 2.20. The van der Waals surface area contributed by atoms with Crippen LogP contribution in [0.5, 0.6) is 0 Å². The Bertz CT molecular complexity index is 197. The Hall–Kier alpha value is -0.610. The van der Waals surface area contributed by atoms with E-state index >= 15 is 0 Å². The Morgan fingerprint density at radius 1 is 1.53 bits per heavy atom. The molecule has 1 amide bonds. The maximum atomic E-state index is 11.0. The number of amides is 1. The molecule has 1 aliphatic rings. The van der Waals surface area contributed by atoms with Gasteiger partial charge in [0.1, 0.15) is 0 Å². The molecule has 2 unspecified atom stereocenters. The number of carbonyl (C=O) groups excluding carboxylic acids is 1. The maximum absolute atomic E-state index is 11.0. The second kappa shape index (κ2) is 6.80. The van der Waals surface area contributed by atoms with Crippen LogP contribution >= 0.6 is 0 Å². The average Bonchev–Trinajstić information content (AvgIpc) is 2.29. The highest BCUT2D eigenvalue weighted by Crippen LogP contribution is 2.15. The first kappa shape index (κ1) is 12.5. The molecule has 2 N–H and O–H groups in total. The Balaban J connectivity index is 2.12. The summed E-state index contributed by atoms with van der Waals surface area (Å²) >= 11 is 0. The quantitative estimate of drug-likeness (QED) is 0.707. The molecule has 15 heavy (non-hydrogen) atoms. The summed E-state index contributed by atoms with van der Waals surface area (Å²) < 4.78 is 5.59. The molecule has 1 heterocycles. The van der Waals surface area contributed by atoms with E-state index in [1.807, 2.05) is 0 Å². The van der Waals surface area contributed by atoms with Crippen molar-refractivity contribution in [3.63, 3.8) is 0 Å². The zero-order chi connectivity index (χ0) is 11.1. The summed E-state index contributed by atoms with van der Waals surface area (Å²) in [6, 6.07) is 0.522. The molecule has 2 atom stereocenters. The third kappa shape index (κ3) is 4.62. The minimum Gasteiger partial charge on any atom is -0.378 e. The van der Waals surface area contributed by atoms with E-state index in [4.69, 9.17) is 4.74 Å². The molecule has 1 fully saturated rings. The molecule has 88 valence electrons. The maximum Gasteiger partial charge on any atom is 0.221 e. The zero-order valence-electron chi connectivity index (χ0n) is 9.71. The lowest BCUT2D eigenvalue weighted by atomic mass is 10.0. The number of carbonyl (C=O) groups is 1. The number of hydrogen-bond donors (Lipinski definition) is 2. The van der Waals surface area contributed by atoms with Crippen LogP contribution in [-0.2, 0) is 9.53 Å². The molecule has 0 aliphatic carbocycles. The van der Waals surface area contributed by atoms with Gasteiger partial charge < -0.3 is 15.4 Å². The number of ether oxygens (including phenoxy) is 1. The standard InChI is InChI=1S/C11H22N2O2/c1-3-10-8-9(5-7-15-10)13-6-4-11(14)12-2/h9-10,13H,3-8H2,1-2H3,(H,12,14). The van der Waals surface area contributed by atoms with Gasteiger partial charge in [-0.1, -0.05) is 6.92 Å². The van der Waals surface area contributed by atoms with Crippen LogP contribution in [0.3, 0.4) is 0 Å². The minimum atomic E-state index is 0.0987. The van der Waals surface area contributed by atoms with Crippen molar-refractivity contribution >= 4 is 5.91 Å². The third-order valence-electron chi connectivity index (χ3n) is 2.89. The normalized spacial score (nSPS) is 26.3. The predicted octanol–water partition coefficient (Wildman–Crippen LogP) is 0.670. The smallest absolute Gasteiger partial charge is 0.221 e. The molecule has 4 heteroatoms. The van der Waals surface area contributed by atoms with Crippen LogP contribution in [0.1, 0.15) is 32.6 Å². The SMILES string of the molecule is CCC1CC(NCCC(=O)NC)CCO1. The number of rotatable bonds is 5. The molecular weight excluding hydrogens is 192 g/mol. The summed E-state index contributed by atoms with van der Waals surface area (Å²) in [7, 11) is 1.67. The van der Waals surface area contributed by atoms with Crippen LogP contribution in [-0.4, -0.2) is 38.3 Å². The lowest BCUT2D eigenvalue weighted by Gasteiger charge is -2.29. The van der Waals surface area contributed by atoms with E-state index in [0.717, 1.165) is 32.4 Å². The van der Waals surface area contributed by atoms with E-state index in [0.29, 0.717) is 18.6 Å². The van der Waals surface area contributed by atoms with Crippen molar-refractivity contribution in [3.05, 3.63) is 0 Å². The van der Waals surface area contributed by atoms with Crippen LogP contribution < -0.4 is 10.6 Å². The Morgan fingerprint density at radius 3 is 3.00 bits per heavy atom. The van der Waals surface area contributed by atoms with Gasteiger partial charge in [-0.3, -0.25) is 4.79 Å². The molecule has 0 bridgehead atoms. The Labute approximate surface area is 91.8 Å². The third-order valence-corrected chi connectivity index (χ3v) is 2.89. The molecule has 0 aromatic rings. The van der Waals surface area contributed by atoms with Crippen molar-refractivity contribution in [2.24, 2.45) is 0 Å². The number of nitrogens with one attached hydrogen (secondary N) is 2. The molecule has 4 nitrogen and oxygen atoms in total. The molecule has 0 spiro atoms. The predicted molar refractivity (Wildman–Crippen MR) is 59.7 cm³/mol. The first-order valence-corrected chi connectivity index (χ1v) is 5.81. The fraction of sp³-hybridized carbons (Fsp3) is 0.909. The van der Waals surface area contributed by atoms with Gasteiger partial charge in [0.2, 0.25) is 5.91 Å². The van der Waals surface area contributed by atoms with Crippen LogP contribution in [0.4, 0.5) is 0 Å². The lowest BCUT2D eigenvalue weighted by Crippen LogP contribution is -2.40. The zero-order valence-corrected chi connectivity index (χ0v) is 9.71. The first-order valence-electron chi connectivity index (χ1n) is 5.81. The molecule has 0 aromatic carbocycles. The van der Waals surface area contributed by atoms with Gasteiger partial charge in [-0.2, -0.15) is 0 Å². The van der Waals surface area contributed by atoms with Gasteiger partial charge in [-0.25, -0.2) is 0 Å². The van der Waals surface area contributed by atoms with Crippen molar-refractivity contribution in [2.75, 3.05) is 20.2 Å². The van der Waals surface area contributed by atoms with E-state index in [1.54, 1.807) is 7.05 Å². The summed E-state index contributed by atoms with van der Waals surface area (Å²) in [5.41, 5.74) is 0. The van der Waals surface area contributed by atoms with Crippen molar-refractivity contribution < 1.29 is 9.53 Å². The first-order chi connectivity index (χ1) is 7.26. The van der Waals surface area contributed by atoms with E-state index < -0.39 is 0 Å². The fourth-order valence-electron chi connectivity index (χ4n) is 1.86. The topological polar surface area (TPSA) is 50.4 Å². The molecular formula is C11H22N2O2. The molecule has 0 radical (unpaired) electrons. The fourth-order valence-corrected chi connectivity index (χ4v) is 1.86. The van der Waals surface area contributed by atoms with Crippen molar-refractivity contribution in [2.45, 2.75) is 44.8 Å². The van der Waals surface area contributed by atoms with E-state index in [1.165, 1.54) is 0 Å². The van der Waals surface area contributed by atoms with Gasteiger partial charge in [-0.15, -0.1) is 0 Å². The summed E-state index contributed by atoms with van der Waals surface area (Å²) in [5, 5.41) is 6.03. The van der Waals surface area contributed by atoms with Crippen molar-refractivity contribution in [1.82, 2.24) is 10.6 Å². The molecule has 1 saturated heterocycles. The van der Waals surface area contributed by atoms with Crippen LogP contribution in [0.2, 0.25) is 0 Å². The Morgan fingerprint density at radius 2 is 2.33 bits per heavy atom. The summed E-state index contributed by atoms with van der Waals surface area (Å²) in [5.74, 6) is 0.0987. The molecule has 0 aromatic heterocycles. The molecule has 1 aliphatic heterocycles. The van der Waals surface area contributed by atoms with Gasteiger partial charge in [0.05, 0.1) is 6.10 Å². The minimum absolute atomic E-state index is 0.0987.